The normalized spacial score (nSPS) is 17.1. The van der Waals surface area contributed by atoms with Gasteiger partial charge in [0.05, 0.1) is 17.6 Å². The molecular formula is C28H31N5O. The number of aryl methyl sites for hydroxylation is 2. The summed E-state index contributed by atoms with van der Waals surface area (Å²) in [5.41, 5.74) is 8.46. The first kappa shape index (κ1) is 21.1. The highest BCUT2D eigenvalue weighted by molar-refractivity contribution is 5.82. The van der Waals surface area contributed by atoms with Crippen LogP contribution in [-0.2, 0) is 25.8 Å². The van der Waals surface area contributed by atoms with Crippen LogP contribution in [0, 0.1) is 5.41 Å². The molecule has 0 radical (unpaired) electrons. The predicted octanol–water partition coefficient (Wildman–Crippen LogP) is 5.50. The molecule has 2 aliphatic rings. The molecule has 2 aromatic heterocycles. The third-order valence-electron chi connectivity index (χ3n) is 7.24. The maximum absolute atomic E-state index is 6.16. The summed E-state index contributed by atoms with van der Waals surface area (Å²) in [5.74, 6) is 3.06. The molecule has 4 aromatic rings. The van der Waals surface area contributed by atoms with Gasteiger partial charge in [-0.3, -0.25) is 0 Å². The van der Waals surface area contributed by atoms with E-state index in [-0.39, 0.29) is 5.41 Å². The summed E-state index contributed by atoms with van der Waals surface area (Å²) in [5, 5.41) is 0. The third kappa shape index (κ3) is 3.81. The van der Waals surface area contributed by atoms with Crippen molar-refractivity contribution in [1.29, 1.82) is 0 Å². The monoisotopic (exact) mass is 453 g/mol. The van der Waals surface area contributed by atoms with Crippen molar-refractivity contribution in [2.45, 2.75) is 53.0 Å². The van der Waals surface area contributed by atoms with E-state index in [1.54, 1.807) is 6.33 Å². The average molecular weight is 454 g/mol. The highest BCUT2D eigenvalue weighted by atomic mass is 16.5. The van der Waals surface area contributed by atoms with Gasteiger partial charge in [0.1, 0.15) is 30.3 Å². The third-order valence-corrected chi connectivity index (χ3v) is 7.24. The van der Waals surface area contributed by atoms with E-state index in [1.807, 2.05) is 0 Å². The van der Waals surface area contributed by atoms with Crippen LogP contribution in [0.15, 0.2) is 42.7 Å². The molecule has 0 fully saturated rings. The van der Waals surface area contributed by atoms with E-state index in [4.69, 9.17) is 9.72 Å². The maximum atomic E-state index is 6.16. The molecular weight excluding hydrogens is 422 g/mol. The van der Waals surface area contributed by atoms with Crippen molar-refractivity contribution in [3.8, 4) is 16.9 Å². The number of hydrogen-bond acceptors (Lipinski definition) is 5. The standard InChI is InChI=1S/C28H31N5O/c1-4-26-31-23-7-5-19(14-24(23)32-26)18-6-8-25-20(13-18)16-33(11-12-34-25)27-21-15-28(2,3)10-9-22(21)29-17-30-27/h5-8,13-14,17H,4,9-12,15-16H2,1-3H3,(H,31,32). The summed E-state index contributed by atoms with van der Waals surface area (Å²) in [7, 11) is 0. The second kappa shape index (κ2) is 8.12. The number of nitrogens with zero attached hydrogens (tertiary/aromatic N) is 4. The Balaban J connectivity index is 1.35. The zero-order valence-corrected chi connectivity index (χ0v) is 20.2. The summed E-state index contributed by atoms with van der Waals surface area (Å²) in [6, 6.07) is 13.0. The summed E-state index contributed by atoms with van der Waals surface area (Å²) in [6.45, 7) is 9.05. The lowest BCUT2D eigenvalue weighted by Crippen LogP contribution is -2.31. The van der Waals surface area contributed by atoms with Gasteiger partial charge in [-0.15, -0.1) is 0 Å². The van der Waals surface area contributed by atoms with Gasteiger partial charge in [0.25, 0.3) is 0 Å². The number of rotatable bonds is 3. The highest BCUT2D eigenvalue weighted by Gasteiger charge is 2.30. The minimum Gasteiger partial charge on any atom is -0.491 e. The maximum Gasteiger partial charge on any atom is 0.135 e. The molecule has 0 amide bonds. The van der Waals surface area contributed by atoms with Gasteiger partial charge in [0.2, 0.25) is 0 Å². The quantitative estimate of drug-likeness (QED) is 0.444. The van der Waals surface area contributed by atoms with Crippen LogP contribution in [0.1, 0.15) is 49.8 Å². The van der Waals surface area contributed by atoms with Crippen LogP contribution >= 0.6 is 0 Å². The van der Waals surface area contributed by atoms with Gasteiger partial charge >= 0.3 is 0 Å². The highest BCUT2D eigenvalue weighted by Crippen LogP contribution is 2.39. The second-order valence-electron chi connectivity index (χ2n) is 10.3. The molecule has 6 heteroatoms. The fourth-order valence-electron chi connectivity index (χ4n) is 5.30. The Morgan fingerprint density at radius 3 is 2.82 bits per heavy atom. The minimum atomic E-state index is 0.281. The van der Waals surface area contributed by atoms with Crippen LogP contribution in [0.4, 0.5) is 5.82 Å². The summed E-state index contributed by atoms with van der Waals surface area (Å²) in [4.78, 5) is 19.8. The number of aromatic amines is 1. The molecule has 0 saturated heterocycles. The molecule has 1 aliphatic heterocycles. The van der Waals surface area contributed by atoms with Gasteiger partial charge in [-0.2, -0.15) is 0 Å². The Bertz CT molecular complexity index is 1370. The van der Waals surface area contributed by atoms with Crippen molar-refractivity contribution in [3.05, 3.63) is 65.4 Å². The van der Waals surface area contributed by atoms with Crippen LogP contribution in [0.25, 0.3) is 22.2 Å². The van der Waals surface area contributed by atoms with Crippen molar-refractivity contribution >= 4 is 16.9 Å². The molecule has 6 nitrogen and oxygen atoms in total. The molecule has 0 saturated carbocycles. The molecule has 1 N–H and O–H groups in total. The van der Waals surface area contributed by atoms with E-state index >= 15 is 0 Å². The first-order valence-electron chi connectivity index (χ1n) is 12.3. The lowest BCUT2D eigenvalue weighted by molar-refractivity contribution is 0.310. The first-order valence-corrected chi connectivity index (χ1v) is 12.3. The lowest BCUT2D eigenvalue weighted by Gasteiger charge is -2.33. The molecule has 174 valence electrons. The van der Waals surface area contributed by atoms with Gasteiger partial charge in [-0.25, -0.2) is 15.0 Å². The van der Waals surface area contributed by atoms with Crippen LogP contribution in [0.5, 0.6) is 5.75 Å². The summed E-state index contributed by atoms with van der Waals surface area (Å²) >= 11 is 0. The van der Waals surface area contributed by atoms with E-state index in [1.165, 1.54) is 34.4 Å². The molecule has 34 heavy (non-hydrogen) atoms. The zero-order valence-electron chi connectivity index (χ0n) is 20.2. The van der Waals surface area contributed by atoms with Crippen LogP contribution in [0.2, 0.25) is 0 Å². The van der Waals surface area contributed by atoms with E-state index in [0.29, 0.717) is 6.61 Å². The number of aromatic nitrogens is 4. The van der Waals surface area contributed by atoms with Crippen LogP contribution in [0.3, 0.4) is 0 Å². The van der Waals surface area contributed by atoms with Crippen molar-refractivity contribution in [2.24, 2.45) is 5.41 Å². The second-order valence-corrected chi connectivity index (χ2v) is 10.3. The number of imidazole rings is 1. The van der Waals surface area contributed by atoms with Gasteiger partial charge in [0.15, 0.2) is 0 Å². The molecule has 1 aliphatic carbocycles. The fraction of sp³-hybridized carbons (Fsp3) is 0.393. The van der Waals surface area contributed by atoms with Crippen molar-refractivity contribution in [1.82, 2.24) is 19.9 Å². The van der Waals surface area contributed by atoms with Gasteiger partial charge in [-0.1, -0.05) is 32.9 Å². The van der Waals surface area contributed by atoms with E-state index in [9.17, 15) is 0 Å². The molecule has 6 rings (SSSR count). The molecule has 3 heterocycles. The Morgan fingerprint density at radius 1 is 1.09 bits per heavy atom. The average Bonchev–Trinajstić information content (AvgIpc) is 3.14. The van der Waals surface area contributed by atoms with Gasteiger partial charge in [-0.05, 0) is 60.1 Å². The molecule has 2 aromatic carbocycles. The van der Waals surface area contributed by atoms with Crippen molar-refractivity contribution in [2.75, 3.05) is 18.1 Å². The number of fused-ring (bicyclic) bond motifs is 3. The number of anilines is 1. The molecule has 0 unspecified atom stereocenters. The van der Waals surface area contributed by atoms with E-state index < -0.39 is 0 Å². The van der Waals surface area contributed by atoms with Crippen molar-refractivity contribution < 1.29 is 4.74 Å². The topological polar surface area (TPSA) is 66.9 Å². The Hall–Kier alpha value is -3.41. The number of ether oxygens (including phenoxy) is 1. The molecule has 0 spiro atoms. The Morgan fingerprint density at radius 2 is 1.94 bits per heavy atom. The number of hydrogen-bond donors (Lipinski definition) is 1. The van der Waals surface area contributed by atoms with E-state index in [0.717, 1.165) is 60.8 Å². The van der Waals surface area contributed by atoms with Gasteiger partial charge in [0, 0.05) is 29.8 Å². The minimum absolute atomic E-state index is 0.281. The van der Waals surface area contributed by atoms with Crippen LogP contribution < -0.4 is 9.64 Å². The zero-order chi connectivity index (χ0) is 23.3. The summed E-state index contributed by atoms with van der Waals surface area (Å²) in [6.07, 6.45) is 5.86. The smallest absolute Gasteiger partial charge is 0.135 e. The Kier molecular flexibility index (Phi) is 5.05. The SMILES string of the molecule is CCc1nc2ccc(-c3ccc4c(c3)CN(c3ncnc5c3CC(C)(C)CC5)CCO4)cc2[nH]1. The summed E-state index contributed by atoms with van der Waals surface area (Å²) < 4.78 is 6.16. The largest absolute Gasteiger partial charge is 0.491 e. The molecule has 0 bridgehead atoms. The van der Waals surface area contributed by atoms with Crippen molar-refractivity contribution in [3.63, 3.8) is 0 Å². The molecule has 0 atom stereocenters. The van der Waals surface area contributed by atoms with E-state index in [2.05, 4.69) is 77.0 Å². The first-order chi connectivity index (χ1) is 16.5. The number of H-pyrrole nitrogens is 1. The predicted molar refractivity (Wildman–Crippen MR) is 135 cm³/mol. The fourth-order valence-corrected chi connectivity index (χ4v) is 5.30. The number of benzene rings is 2. The lowest BCUT2D eigenvalue weighted by atomic mass is 9.76. The van der Waals surface area contributed by atoms with Crippen LogP contribution in [-0.4, -0.2) is 33.1 Å². The van der Waals surface area contributed by atoms with Gasteiger partial charge < -0.3 is 14.6 Å². The Labute approximate surface area is 200 Å². The number of nitrogens with one attached hydrogen (secondary N) is 1.